The molecule has 0 amide bonds. The molecule has 0 aromatic carbocycles. The zero-order chi connectivity index (χ0) is 9.14. The molecule has 0 spiro atoms. The number of hydrogen-bond acceptors (Lipinski definition) is 5. The second kappa shape index (κ2) is 3.73. The van der Waals surface area contributed by atoms with Gasteiger partial charge in [0.05, 0.1) is 7.11 Å². The molecule has 2 atom stereocenters. The summed E-state index contributed by atoms with van der Waals surface area (Å²) in [6.07, 6.45) is -0.136. The number of esters is 1. The number of carbonyl (C=O) groups excluding carboxylic acids is 1. The van der Waals surface area contributed by atoms with Gasteiger partial charge in [-0.15, -0.1) is 0 Å². The Kier molecular flexibility index (Phi) is 2.88. The first-order valence-corrected chi connectivity index (χ1v) is 3.74. The van der Waals surface area contributed by atoms with E-state index in [9.17, 15) is 4.79 Å². The maximum atomic E-state index is 10.9. The van der Waals surface area contributed by atoms with E-state index in [4.69, 9.17) is 22.2 Å². The van der Waals surface area contributed by atoms with Crippen LogP contribution in [0.1, 0.15) is 6.42 Å². The van der Waals surface area contributed by atoms with Crippen LogP contribution in [0.25, 0.3) is 0 Å². The molecule has 12 heavy (non-hydrogen) atoms. The third kappa shape index (κ3) is 1.86. The molecular formula is C6H9ClN2O3. The quantitative estimate of drug-likeness (QED) is 0.617. The fourth-order valence-corrected chi connectivity index (χ4v) is 1.04. The fourth-order valence-electron chi connectivity index (χ4n) is 0.846. The monoisotopic (exact) mass is 192 g/mol. The number of carbonyl (C=O) groups is 1. The lowest BCUT2D eigenvalue weighted by atomic mass is 10.1. The van der Waals surface area contributed by atoms with Crippen molar-refractivity contribution in [3.63, 3.8) is 0 Å². The number of halogens is 1. The van der Waals surface area contributed by atoms with Crippen LogP contribution >= 0.6 is 11.6 Å². The largest absolute Gasteiger partial charge is 0.468 e. The lowest BCUT2D eigenvalue weighted by molar-refractivity contribution is -0.145. The molecular weight excluding hydrogens is 184 g/mol. The van der Waals surface area contributed by atoms with Gasteiger partial charge in [-0.3, -0.25) is 4.79 Å². The summed E-state index contributed by atoms with van der Waals surface area (Å²) >= 11 is 5.52. The van der Waals surface area contributed by atoms with Crippen molar-refractivity contribution in [2.24, 2.45) is 10.9 Å². The standard InChI is InChI=1S/C6H9ClN2O3/c1-11-6(10)5(8)3-2-4(7)9-12-3/h3,5H,2,8H2,1H3. The van der Waals surface area contributed by atoms with Gasteiger partial charge in [-0.2, -0.15) is 0 Å². The van der Waals surface area contributed by atoms with Crippen LogP contribution in [0.15, 0.2) is 5.16 Å². The van der Waals surface area contributed by atoms with Crippen LogP contribution in [0.4, 0.5) is 0 Å². The normalized spacial score (nSPS) is 24.2. The zero-order valence-corrected chi connectivity index (χ0v) is 7.25. The Hall–Kier alpha value is -0.810. The molecule has 68 valence electrons. The van der Waals surface area contributed by atoms with Gasteiger partial charge in [0.25, 0.3) is 0 Å². The van der Waals surface area contributed by atoms with Crippen molar-refractivity contribution in [2.45, 2.75) is 18.6 Å². The molecule has 0 bridgehead atoms. The summed E-state index contributed by atoms with van der Waals surface area (Å²) in [7, 11) is 1.26. The maximum Gasteiger partial charge on any atom is 0.326 e. The molecule has 1 rings (SSSR count). The van der Waals surface area contributed by atoms with Gasteiger partial charge in [0.15, 0.2) is 6.10 Å². The molecule has 0 aromatic rings. The Bertz CT molecular complexity index is 219. The van der Waals surface area contributed by atoms with E-state index in [0.717, 1.165) is 0 Å². The predicted molar refractivity (Wildman–Crippen MR) is 42.8 cm³/mol. The number of oxime groups is 1. The highest BCUT2D eigenvalue weighted by atomic mass is 35.5. The molecule has 6 heteroatoms. The van der Waals surface area contributed by atoms with E-state index in [0.29, 0.717) is 11.6 Å². The first kappa shape index (κ1) is 9.28. The Balaban J connectivity index is 2.45. The fraction of sp³-hybridized carbons (Fsp3) is 0.667. The minimum Gasteiger partial charge on any atom is -0.468 e. The molecule has 0 fully saturated rings. The van der Waals surface area contributed by atoms with E-state index in [1.807, 2.05) is 0 Å². The number of nitrogens with two attached hydrogens (primary N) is 1. The second-order valence-electron chi connectivity index (χ2n) is 2.36. The van der Waals surface area contributed by atoms with Crippen LogP contribution in [-0.4, -0.2) is 30.4 Å². The van der Waals surface area contributed by atoms with Gasteiger partial charge in [-0.1, -0.05) is 16.8 Å². The molecule has 0 aliphatic carbocycles. The molecule has 2 N–H and O–H groups in total. The van der Waals surface area contributed by atoms with Crippen LogP contribution in [-0.2, 0) is 14.4 Å². The number of hydrogen-bond donors (Lipinski definition) is 1. The minimum atomic E-state index is -0.824. The lowest BCUT2D eigenvalue weighted by Crippen LogP contribution is -2.42. The van der Waals surface area contributed by atoms with Crippen molar-refractivity contribution in [2.75, 3.05) is 7.11 Å². The van der Waals surface area contributed by atoms with Gasteiger partial charge in [0.2, 0.25) is 0 Å². The average molecular weight is 193 g/mol. The molecule has 1 aliphatic rings. The summed E-state index contributed by atoms with van der Waals surface area (Å²) in [4.78, 5) is 15.7. The number of nitrogens with zero attached hydrogens (tertiary/aromatic N) is 1. The maximum absolute atomic E-state index is 10.9. The van der Waals surface area contributed by atoms with Crippen LogP contribution < -0.4 is 5.73 Å². The second-order valence-corrected chi connectivity index (χ2v) is 2.80. The highest BCUT2D eigenvalue weighted by molar-refractivity contribution is 6.65. The summed E-state index contributed by atoms with van der Waals surface area (Å²) < 4.78 is 4.42. The van der Waals surface area contributed by atoms with Gasteiger partial charge >= 0.3 is 5.97 Å². The molecule has 1 aliphatic heterocycles. The number of rotatable bonds is 2. The van der Waals surface area contributed by atoms with Crippen molar-refractivity contribution in [1.82, 2.24) is 0 Å². The molecule has 0 saturated carbocycles. The Morgan fingerprint density at radius 3 is 3.08 bits per heavy atom. The molecule has 0 aromatic heterocycles. The summed E-state index contributed by atoms with van der Waals surface area (Å²) in [6.45, 7) is 0. The average Bonchev–Trinajstić information content (AvgIpc) is 2.49. The molecule has 0 radical (unpaired) electrons. The molecule has 5 nitrogen and oxygen atoms in total. The highest BCUT2D eigenvalue weighted by Crippen LogP contribution is 2.15. The van der Waals surface area contributed by atoms with Gasteiger partial charge in [0, 0.05) is 6.42 Å². The predicted octanol–water partition coefficient (Wildman–Crippen LogP) is -0.172. The highest BCUT2D eigenvalue weighted by Gasteiger charge is 2.31. The lowest BCUT2D eigenvalue weighted by Gasteiger charge is -2.13. The first-order chi connectivity index (χ1) is 5.65. The smallest absolute Gasteiger partial charge is 0.326 e. The van der Waals surface area contributed by atoms with Crippen LogP contribution in [0.3, 0.4) is 0 Å². The topological polar surface area (TPSA) is 73.9 Å². The third-order valence-electron chi connectivity index (χ3n) is 1.53. The van der Waals surface area contributed by atoms with Crippen molar-refractivity contribution in [3.8, 4) is 0 Å². The first-order valence-electron chi connectivity index (χ1n) is 3.36. The summed E-state index contributed by atoms with van der Waals surface area (Å²) in [5.74, 6) is -0.526. The Labute approximate surface area is 74.4 Å². The van der Waals surface area contributed by atoms with Gasteiger partial charge in [0.1, 0.15) is 11.2 Å². The van der Waals surface area contributed by atoms with E-state index in [-0.39, 0.29) is 0 Å². The van der Waals surface area contributed by atoms with Crippen LogP contribution in [0.5, 0.6) is 0 Å². The number of methoxy groups -OCH3 is 1. The van der Waals surface area contributed by atoms with E-state index in [1.165, 1.54) is 7.11 Å². The summed E-state index contributed by atoms with van der Waals surface area (Å²) in [5, 5.41) is 3.77. The van der Waals surface area contributed by atoms with Crippen molar-refractivity contribution < 1.29 is 14.4 Å². The van der Waals surface area contributed by atoms with E-state index in [1.54, 1.807) is 0 Å². The third-order valence-corrected chi connectivity index (χ3v) is 1.75. The van der Waals surface area contributed by atoms with Gasteiger partial charge < -0.3 is 15.3 Å². The molecule has 0 saturated heterocycles. The summed E-state index contributed by atoms with van der Waals surface area (Å²) in [5.41, 5.74) is 5.46. The Morgan fingerprint density at radius 1 is 2.00 bits per heavy atom. The van der Waals surface area contributed by atoms with Crippen molar-refractivity contribution in [1.29, 1.82) is 0 Å². The van der Waals surface area contributed by atoms with Crippen LogP contribution in [0, 0.1) is 0 Å². The Morgan fingerprint density at radius 2 is 2.67 bits per heavy atom. The van der Waals surface area contributed by atoms with E-state index >= 15 is 0 Å². The SMILES string of the molecule is COC(=O)C(N)C1CC(Cl)=NO1. The number of ether oxygens (including phenoxy) is 1. The van der Waals surface area contributed by atoms with Gasteiger partial charge in [-0.05, 0) is 0 Å². The van der Waals surface area contributed by atoms with Crippen LogP contribution in [0.2, 0.25) is 0 Å². The van der Waals surface area contributed by atoms with Crippen molar-refractivity contribution in [3.05, 3.63) is 0 Å². The van der Waals surface area contributed by atoms with Gasteiger partial charge in [-0.25, -0.2) is 0 Å². The summed E-state index contributed by atoms with van der Waals surface area (Å²) in [6, 6.07) is -0.824. The zero-order valence-electron chi connectivity index (χ0n) is 6.49. The molecule has 1 heterocycles. The minimum absolute atomic E-state index is 0.319. The molecule has 2 unspecified atom stereocenters. The van der Waals surface area contributed by atoms with Crippen molar-refractivity contribution >= 4 is 22.7 Å². The van der Waals surface area contributed by atoms with E-state index in [2.05, 4.69) is 9.89 Å². The van der Waals surface area contributed by atoms with E-state index < -0.39 is 18.1 Å².